The lowest BCUT2D eigenvalue weighted by atomic mass is 10.1. The second-order valence-electron chi connectivity index (χ2n) is 5.55. The molecule has 0 saturated carbocycles. The van der Waals surface area contributed by atoms with Crippen LogP contribution in [0.15, 0.2) is 11.4 Å². The summed E-state index contributed by atoms with van der Waals surface area (Å²) in [7, 11) is 0. The SMILES string of the molecule is CCN(CCC(=O)O)C(=O)CCC(=O)N1CCc2sccc2C1. The van der Waals surface area contributed by atoms with Gasteiger partial charge in [0.1, 0.15) is 0 Å². The molecule has 0 radical (unpaired) electrons. The zero-order chi connectivity index (χ0) is 16.8. The average molecular weight is 338 g/mol. The summed E-state index contributed by atoms with van der Waals surface area (Å²) < 4.78 is 0. The van der Waals surface area contributed by atoms with Crippen molar-refractivity contribution < 1.29 is 19.5 Å². The van der Waals surface area contributed by atoms with Crippen molar-refractivity contribution >= 4 is 29.1 Å². The Morgan fingerprint density at radius 3 is 2.78 bits per heavy atom. The maximum atomic E-state index is 12.3. The second kappa shape index (κ2) is 8.10. The molecule has 0 fully saturated rings. The van der Waals surface area contributed by atoms with Crippen LogP contribution in [-0.2, 0) is 27.3 Å². The van der Waals surface area contributed by atoms with Crippen LogP contribution in [-0.4, -0.2) is 52.3 Å². The molecule has 0 bridgehead atoms. The minimum Gasteiger partial charge on any atom is -0.481 e. The van der Waals surface area contributed by atoms with E-state index in [9.17, 15) is 14.4 Å². The lowest BCUT2D eigenvalue weighted by molar-refractivity contribution is -0.140. The smallest absolute Gasteiger partial charge is 0.305 e. The van der Waals surface area contributed by atoms with E-state index >= 15 is 0 Å². The first-order valence-corrected chi connectivity index (χ1v) is 8.71. The van der Waals surface area contributed by atoms with Crippen LogP contribution in [0.3, 0.4) is 0 Å². The number of hydrogen-bond acceptors (Lipinski definition) is 4. The zero-order valence-corrected chi connectivity index (χ0v) is 14.1. The van der Waals surface area contributed by atoms with Gasteiger partial charge in [0, 0.05) is 43.9 Å². The quantitative estimate of drug-likeness (QED) is 0.821. The summed E-state index contributed by atoms with van der Waals surface area (Å²) in [4.78, 5) is 39.6. The van der Waals surface area contributed by atoms with E-state index in [4.69, 9.17) is 5.11 Å². The Kier molecular flexibility index (Phi) is 6.15. The lowest BCUT2D eigenvalue weighted by Crippen LogP contribution is -2.37. The summed E-state index contributed by atoms with van der Waals surface area (Å²) in [5.41, 5.74) is 1.21. The molecule has 1 aliphatic rings. The number of rotatable bonds is 7. The summed E-state index contributed by atoms with van der Waals surface area (Å²) >= 11 is 1.73. The minimum atomic E-state index is -0.924. The van der Waals surface area contributed by atoms with Crippen molar-refractivity contribution in [3.8, 4) is 0 Å². The van der Waals surface area contributed by atoms with Crippen LogP contribution >= 0.6 is 11.3 Å². The van der Waals surface area contributed by atoms with Crippen LogP contribution in [0.25, 0.3) is 0 Å². The number of amides is 2. The Balaban J connectivity index is 1.79. The highest BCUT2D eigenvalue weighted by molar-refractivity contribution is 7.10. The Bertz CT molecular complexity index is 584. The lowest BCUT2D eigenvalue weighted by Gasteiger charge is -2.27. The van der Waals surface area contributed by atoms with Crippen molar-refractivity contribution in [1.82, 2.24) is 9.80 Å². The molecule has 6 nitrogen and oxygen atoms in total. The third-order valence-electron chi connectivity index (χ3n) is 4.04. The molecule has 0 saturated heterocycles. The fourth-order valence-electron chi connectivity index (χ4n) is 2.68. The standard InChI is InChI=1S/C16H22N2O4S/c1-2-17(9-6-16(21)22)14(19)3-4-15(20)18-8-5-13-12(11-18)7-10-23-13/h7,10H,2-6,8-9,11H2,1H3,(H,21,22). The third kappa shape index (κ3) is 4.79. The van der Waals surface area contributed by atoms with Crippen molar-refractivity contribution in [1.29, 1.82) is 0 Å². The topological polar surface area (TPSA) is 77.9 Å². The molecule has 0 unspecified atom stereocenters. The number of aliphatic carboxylic acids is 1. The van der Waals surface area contributed by atoms with Gasteiger partial charge in [0.25, 0.3) is 0 Å². The van der Waals surface area contributed by atoms with E-state index in [2.05, 4.69) is 6.07 Å². The first-order valence-electron chi connectivity index (χ1n) is 7.83. The molecule has 0 aromatic carbocycles. The molecule has 2 amide bonds. The number of carboxylic acids is 1. The fraction of sp³-hybridized carbons (Fsp3) is 0.562. The maximum absolute atomic E-state index is 12.3. The number of carboxylic acid groups (broad SMARTS) is 1. The van der Waals surface area contributed by atoms with Gasteiger partial charge in [-0.2, -0.15) is 0 Å². The van der Waals surface area contributed by atoms with E-state index in [-0.39, 0.29) is 37.6 Å². The summed E-state index contributed by atoms with van der Waals surface area (Å²) in [6.45, 7) is 3.80. The molecule has 2 rings (SSSR count). The van der Waals surface area contributed by atoms with Gasteiger partial charge < -0.3 is 14.9 Å². The van der Waals surface area contributed by atoms with Crippen molar-refractivity contribution in [3.05, 3.63) is 21.9 Å². The van der Waals surface area contributed by atoms with Gasteiger partial charge in [-0.25, -0.2) is 0 Å². The van der Waals surface area contributed by atoms with Crippen molar-refractivity contribution in [2.75, 3.05) is 19.6 Å². The second-order valence-corrected chi connectivity index (χ2v) is 6.55. The number of hydrogen-bond donors (Lipinski definition) is 1. The van der Waals surface area contributed by atoms with Gasteiger partial charge in [0.15, 0.2) is 0 Å². The van der Waals surface area contributed by atoms with E-state index in [0.29, 0.717) is 19.6 Å². The van der Waals surface area contributed by atoms with Gasteiger partial charge >= 0.3 is 5.97 Å². The van der Waals surface area contributed by atoms with Crippen LogP contribution in [0.4, 0.5) is 0 Å². The van der Waals surface area contributed by atoms with Crippen molar-refractivity contribution in [3.63, 3.8) is 0 Å². The molecule has 1 aliphatic heterocycles. The van der Waals surface area contributed by atoms with E-state index in [0.717, 1.165) is 6.42 Å². The molecule has 0 spiro atoms. The summed E-state index contributed by atoms with van der Waals surface area (Å²) in [6, 6.07) is 2.05. The number of fused-ring (bicyclic) bond motifs is 1. The van der Waals surface area contributed by atoms with E-state index in [1.54, 1.807) is 16.2 Å². The highest BCUT2D eigenvalue weighted by Crippen LogP contribution is 2.24. The Labute approximate surface area is 139 Å². The number of carbonyl (C=O) groups is 3. The van der Waals surface area contributed by atoms with E-state index in [1.165, 1.54) is 15.3 Å². The fourth-order valence-corrected chi connectivity index (χ4v) is 3.57. The molecule has 1 N–H and O–H groups in total. The molecule has 2 heterocycles. The largest absolute Gasteiger partial charge is 0.481 e. The third-order valence-corrected chi connectivity index (χ3v) is 5.07. The highest BCUT2D eigenvalue weighted by atomic mass is 32.1. The van der Waals surface area contributed by atoms with Crippen molar-refractivity contribution in [2.24, 2.45) is 0 Å². The molecule has 1 aromatic rings. The normalized spacial score (nSPS) is 13.5. The van der Waals surface area contributed by atoms with Crippen LogP contribution < -0.4 is 0 Å². The summed E-state index contributed by atoms with van der Waals surface area (Å²) in [6.07, 6.45) is 1.13. The summed E-state index contributed by atoms with van der Waals surface area (Å²) in [5, 5.41) is 10.7. The van der Waals surface area contributed by atoms with Crippen molar-refractivity contribution in [2.45, 2.75) is 39.2 Å². The predicted molar refractivity (Wildman–Crippen MR) is 87.2 cm³/mol. The predicted octanol–water partition coefficient (Wildman–Crippen LogP) is 1.74. The monoisotopic (exact) mass is 338 g/mol. The van der Waals surface area contributed by atoms with E-state index < -0.39 is 5.97 Å². The Morgan fingerprint density at radius 2 is 2.09 bits per heavy atom. The number of nitrogens with zero attached hydrogens (tertiary/aromatic N) is 2. The molecular formula is C16H22N2O4S. The van der Waals surface area contributed by atoms with Gasteiger partial charge in [-0.3, -0.25) is 14.4 Å². The number of carbonyl (C=O) groups excluding carboxylic acids is 2. The first kappa shape index (κ1) is 17.5. The average Bonchev–Trinajstić information content (AvgIpc) is 3.00. The molecule has 1 aromatic heterocycles. The Morgan fingerprint density at radius 1 is 1.30 bits per heavy atom. The molecule has 0 aliphatic carbocycles. The maximum Gasteiger partial charge on any atom is 0.305 e. The van der Waals surface area contributed by atoms with Gasteiger partial charge in [0.2, 0.25) is 11.8 Å². The van der Waals surface area contributed by atoms with Gasteiger partial charge in [-0.15, -0.1) is 11.3 Å². The van der Waals surface area contributed by atoms with Gasteiger partial charge in [-0.1, -0.05) is 0 Å². The van der Waals surface area contributed by atoms with Gasteiger partial charge in [-0.05, 0) is 30.4 Å². The molecule has 0 atom stereocenters. The molecular weight excluding hydrogens is 316 g/mol. The molecule has 23 heavy (non-hydrogen) atoms. The van der Waals surface area contributed by atoms with Crippen LogP contribution in [0, 0.1) is 0 Å². The van der Waals surface area contributed by atoms with Gasteiger partial charge in [0.05, 0.1) is 6.42 Å². The van der Waals surface area contributed by atoms with E-state index in [1.807, 2.05) is 12.3 Å². The van der Waals surface area contributed by atoms with Crippen LogP contribution in [0.2, 0.25) is 0 Å². The summed E-state index contributed by atoms with van der Waals surface area (Å²) in [5.74, 6) is -1.09. The van der Waals surface area contributed by atoms with Crippen LogP contribution in [0.1, 0.15) is 36.6 Å². The first-order chi connectivity index (χ1) is 11.0. The molecule has 7 heteroatoms. The molecule has 126 valence electrons. The van der Waals surface area contributed by atoms with Crippen LogP contribution in [0.5, 0.6) is 0 Å². The Hall–Kier alpha value is -1.89. The highest BCUT2D eigenvalue weighted by Gasteiger charge is 2.22. The zero-order valence-electron chi connectivity index (χ0n) is 13.3. The number of thiophene rings is 1. The minimum absolute atomic E-state index is 0.00973.